The topological polar surface area (TPSA) is 82.8 Å². The second-order valence-corrected chi connectivity index (χ2v) is 5.67. The molecule has 2 N–H and O–H groups in total. The molecule has 1 fully saturated rings. The number of aryl methyl sites for hydroxylation is 1. The Hall–Kier alpha value is -1.66. The second kappa shape index (κ2) is 6.87. The molecule has 0 bridgehead atoms. The number of aromatic nitrogens is 1. The SMILES string of the molecule is Cc1ccn(CCN2CCCC(CO)C2)c(=O)c1C(=O)O. The number of pyridine rings is 1. The minimum atomic E-state index is -1.18. The van der Waals surface area contributed by atoms with Gasteiger partial charge in [-0.1, -0.05) is 0 Å². The van der Waals surface area contributed by atoms with Crippen molar-refractivity contribution in [3.05, 3.63) is 33.7 Å². The Bertz CT molecular complexity index is 567. The van der Waals surface area contributed by atoms with Crippen molar-refractivity contribution in [2.75, 3.05) is 26.2 Å². The minimum Gasteiger partial charge on any atom is -0.477 e. The molecule has 1 aromatic heterocycles. The normalized spacial score (nSPS) is 19.6. The Morgan fingerprint density at radius 2 is 2.19 bits per heavy atom. The van der Waals surface area contributed by atoms with Gasteiger partial charge in [-0.05, 0) is 43.9 Å². The third kappa shape index (κ3) is 3.71. The molecule has 0 saturated carbocycles. The number of carboxylic acids is 1. The van der Waals surface area contributed by atoms with Crippen LogP contribution in [0.1, 0.15) is 28.8 Å². The van der Waals surface area contributed by atoms with Gasteiger partial charge in [-0.2, -0.15) is 0 Å². The predicted octanol–water partition coefficient (Wildman–Crippen LogP) is 0.559. The monoisotopic (exact) mass is 294 g/mol. The first-order chi connectivity index (χ1) is 10.0. The first kappa shape index (κ1) is 15.7. The molecule has 0 spiro atoms. The molecule has 2 heterocycles. The lowest BCUT2D eigenvalue weighted by atomic mass is 9.99. The summed E-state index contributed by atoms with van der Waals surface area (Å²) in [6.45, 7) is 4.79. The van der Waals surface area contributed by atoms with Crippen LogP contribution in [0.5, 0.6) is 0 Å². The van der Waals surface area contributed by atoms with Crippen LogP contribution in [0.4, 0.5) is 0 Å². The molecule has 6 nitrogen and oxygen atoms in total. The van der Waals surface area contributed by atoms with Gasteiger partial charge in [-0.15, -0.1) is 0 Å². The lowest BCUT2D eigenvalue weighted by Gasteiger charge is -2.31. The van der Waals surface area contributed by atoms with Crippen molar-refractivity contribution in [3.63, 3.8) is 0 Å². The number of aliphatic hydroxyl groups excluding tert-OH is 1. The molecular formula is C15H22N2O4. The number of piperidine rings is 1. The third-order valence-electron chi connectivity index (χ3n) is 4.11. The van der Waals surface area contributed by atoms with Crippen LogP contribution in [0.15, 0.2) is 17.1 Å². The molecule has 1 aliphatic rings. The van der Waals surface area contributed by atoms with E-state index in [4.69, 9.17) is 5.11 Å². The van der Waals surface area contributed by atoms with Gasteiger partial charge in [0.25, 0.3) is 5.56 Å². The molecule has 2 rings (SSSR count). The zero-order valence-electron chi connectivity index (χ0n) is 12.3. The molecule has 1 aliphatic heterocycles. The van der Waals surface area contributed by atoms with Gasteiger partial charge in [0.1, 0.15) is 5.56 Å². The molecule has 1 aromatic rings. The van der Waals surface area contributed by atoms with Crippen LogP contribution < -0.4 is 5.56 Å². The molecule has 21 heavy (non-hydrogen) atoms. The number of carboxylic acid groups (broad SMARTS) is 1. The molecule has 1 saturated heterocycles. The Balaban J connectivity index is 2.05. The number of aromatic carboxylic acids is 1. The summed E-state index contributed by atoms with van der Waals surface area (Å²) in [5, 5.41) is 18.3. The summed E-state index contributed by atoms with van der Waals surface area (Å²) >= 11 is 0. The molecular weight excluding hydrogens is 272 g/mol. The molecule has 0 aromatic carbocycles. The van der Waals surface area contributed by atoms with Crippen LogP contribution in [0.25, 0.3) is 0 Å². The maximum absolute atomic E-state index is 12.1. The first-order valence-electron chi connectivity index (χ1n) is 7.29. The fourth-order valence-corrected chi connectivity index (χ4v) is 2.85. The van der Waals surface area contributed by atoms with Gasteiger partial charge >= 0.3 is 5.97 Å². The smallest absolute Gasteiger partial charge is 0.341 e. The van der Waals surface area contributed by atoms with E-state index in [2.05, 4.69) is 4.90 Å². The molecule has 1 atom stereocenters. The number of carbonyl (C=O) groups is 1. The Kier molecular flexibility index (Phi) is 5.14. The highest BCUT2D eigenvalue weighted by Gasteiger charge is 2.19. The van der Waals surface area contributed by atoms with Crippen molar-refractivity contribution < 1.29 is 15.0 Å². The first-order valence-corrected chi connectivity index (χ1v) is 7.29. The van der Waals surface area contributed by atoms with Crippen LogP contribution in [0, 0.1) is 12.8 Å². The van der Waals surface area contributed by atoms with Crippen LogP contribution >= 0.6 is 0 Å². The number of aliphatic hydroxyl groups is 1. The van der Waals surface area contributed by atoms with E-state index in [1.807, 2.05) is 0 Å². The molecule has 0 radical (unpaired) electrons. The van der Waals surface area contributed by atoms with Crippen molar-refractivity contribution in [3.8, 4) is 0 Å². The highest BCUT2D eigenvalue weighted by atomic mass is 16.4. The number of hydrogen-bond acceptors (Lipinski definition) is 4. The number of likely N-dealkylation sites (tertiary alicyclic amines) is 1. The Morgan fingerprint density at radius 1 is 1.43 bits per heavy atom. The van der Waals surface area contributed by atoms with Gasteiger partial charge in [-0.3, -0.25) is 4.79 Å². The minimum absolute atomic E-state index is 0.149. The van der Waals surface area contributed by atoms with Crippen molar-refractivity contribution in [2.24, 2.45) is 5.92 Å². The van der Waals surface area contributed by atoms with Gasteiger partial charge in [0.2, 0.25) is 0 Å². The standard InChI is InChI=1S/C15H22N2O4/c1-11-4-6-17(14(19)13(11)15(20)21)8-7-16-5-2-3-12(9-16)10-18/h4,6,12,18H,2-3,5,7-10H2,1H3,(H,20,21). The van der Waals surface area contributed by atoms with Gasteiger partial charge in [0, 0.05) is 32.4 Å². The third-order valence-corrected chi connectivity index (χ3v) is 4.11. The molecule has 6 heteroatoms. The van der Waals surface area contributed by atoms with E-state index in [9.17, 15) is 14.7 Å². The molecule has 116 valence electrons. The summed E-state index contributed by atoms with van der Waals surface area (Å²) in [4.78, 5) is 25.5. The van der Waals surface area contributed by atoms with E-state index in [-0.39, 0.29) is 12.2 Å². The predicted molar refractivity (Wildman–Crippen MR) is 78.6 cm³/mol. The number of nitrogens with zero attached hydrogens (tertiary/aromatic N) is 2. The highest BCUT2D eigenvalue weighted by Crippen LogP contribution is 2.15. The number of rotatable bonds is 5. The maximum atomic E-state index is 12.1. The van der Waals surface area contributed by atoms with Crippen molar-refractivity contribution >= 4 is 5.97 Å². The van der Waals surface area contributed by atoms with Crippen LogP contribution in [0.2, 0.25) is 0 Å². The number of hydrogen-bond donors (Lipinski definition) is 2. The average molecular weight is 294 g/mol. The summed E-state index contributed by atoms with van der Waals surface area (Å²) in [7, 11) is 0. The second-order valence-electron chi connectivity index (χ2n) is 5.67. The van der Waals surface area contributed by atoms with E-state index in [1.54, 1.807) is 19.2 Å². The fourth-order valence-electron chi connectivity index (χ4n) is 2.85. The Labute approximate surface area is 123 Å². The largest absolute Gasteiger partial charge is 0.477 e. The fraction of sp³-hybridized carbons (Fsp3) is 0.600. The summed E-state index contributed by atoms with van der Waals surface area (Å²) in [5.74, 6) is -0.867. The van der Waals surface area contributed by atoms with Gasteiger partial charge in [-0.25, -0.2) is 4.79 Å². The van der Waals surface area contributed by atoms with E-state index >= 15 is 0 Å². The lowest BCUT2D eigenvalue weighted by molar-refractivity contribution is 0.0693. The van der Waals surface area contributed by atoms with Crippen LogP contribution in [-0.2, 0) is 6.54 Å². The van der Waals surface area contributed by atoms with Gasteiger partial charge < -0.3 is 19.7 Å². The highest BCUT2D eigenvalue weighted by molar-refractivity contribution is 5.88. The summed E-state index contributed by atoms with van der Waals surface area (Å²) in [6.07, 6.45) is 3.74. The summed E-state index contributed by atoms with van der Waals surface area (Å²) < 4.78 is 1.46. The van der Waals surface area contributed by atoms with Crippen LogP contribution in [-0.4, -0.2) is 51.9 Å². The lowest BCUT2D eigenvalue weighted by Crippen LogP contribution is -2.40. The van der Waals surface area contributed by atoms with E-state index in [0.717, 1.165) is 25.9 Å². The molecule has 0 aliphatic carbocycles. The Morgan fingerprint density at radius 3 is 2.86 bits per heavy atom. The van der Waals surface area contributed by atoms with Crippen molar-refractivity contribution in [1.82, 2.24) is 9.47 Å². The zero-order valence-corrected chi connectivity index (χ0v) is 12.3. The van der Waals surface area contributed by atoms with E-state index < -0.39 is 11.5 Å². The van der Waals surface area contributed by atoms with Gasteiger partial charge in [0.05, 0.1) is 0 Å². The quantitative estimate of drug-likeness (QED) is 0.829. The van der Waals surface area contributed by atoms with E-state index in [1.165, 1.54) is 4.57 Å². The zero-order chi connectivity index (χ0) is 15.4. The molecule has 0 amide bonds. The summed E-state index contributed by atoms with van der Waals surface area (Å²) in [6, 6.07) is 1.66. The summed E-state index contributed by atoms with van der Waals surface area (Å²) in [5.41, 5.74) is -0.107. The van der Waals surface area contributed by atoms with E-state index in [0.29, 0.717) is 24.6 Å². The van der Waals surface area contributed by atoms with Crippen LogP contribution in [0.3, 0.4) is 0 Å². The van der Waals surface area contributed by atoms with Gasteiger partial charge in [0.15, 0.2) is 0 Å². The average Bonchev–Trinajstić information content (AvgIpc) is 2.46. The van der Waals surface area contributed by atoms with Crippen molar-refractivity contribution in [1.29, 1.82) is 0 Å². The molecule has 1 unspecified atom stereocenters. The maximum Gasteiger partial charge on any atom is 0.341 e. The van der Waals surface area contributed by atoms with Crippen molar-refractivity contribution in [2.45, 2.75) is 26.3 Å².